The van der Waals surface area contributed by atoms with Gasteiger partial charge in [-0.1, -0.05) is 0 Å². The molecule has 3 atom stereocenters. The molecule has 0 radical (unpaired) electrons. The molecule has 0 amide bonds. The summed E-state index contributed by atoms with van der Waals surface area (Å²) < 4.78 is 41.5. The van der Waals surface area contributed by atoms with Crippen molar-refractivity contribution in [2.75, 3.05) is 6.61 Å². The number of Topliss-reactive ketones (excluding diaryl/α,β-unsaturated/α-hetero) is 1. The van der Waals surface area contributed by atoms with Gasteiger partial charge in [0.2, 0.25) is 0 Å². The van der Waals surface area contributed by atoms with E-state index in [1.54, 1.807) is 0 Å². The van der Waals surface area contributed by atoms with E-state index < -0.39 is 35.7 Å². The lowest BCUT2D eigenvalue weighted by molar-refractivity contribution is -0.164. The normalized spacial score (nSPS) is 29.8. The molecular weight excluding hydrogens is 213 g/mol. The Hall–Kier alpha value is -1.07. The van der Waals surface area contributed by atoms with Crippen LogP contribution in [0.4, 0.5) is 13.2 Å². The van der Waals surface area contributed by atoms with Gasteiger partial charge in [-0.3, -0.25) is 9.59 Å². The molecule has 0 heterocycles. The third-order valence-electron chi connectivity index (χ3n) is 2.43. The van der Waals surface area contributed by atoms with Crippen molar-refractivity contribution < 1.29 is 27.5 Å². The van der Waals surface area contributed by atoms with E-state index in [0.29, 0.717) is 0 Å². The fourth-order valence-corrected chi connectivity index (χ4v) is 1.76. The van der Waals surface area contributed by atoms with Crippen molar-refractivity contribution in [2.24, 2.45) is 17.8 Å². The Morgan fingerprint density at radius 3 is 2.07 bits per heavy atom. The molecule has 0 unspecified atom stereocenters. The number of halogens is 3. The summed E-state index contributed by atoms with van der Waals surface area (Å²) in [4.78, 5) is 22.0. The average Bonchev–Trinajstić information content (AvgIpc) is 2.77. The molecular formula is C9H11F3O3. The van der Waals surface area contributed by atoms with Gasteiger partial charge in [0.25, 0.3) is 0 Å². The number of hydrogen-bond donors (Lipinski definition) is 0. The molecule has 1 fully saturated rings. The van der Waals surface area contributed by atoms with Crippen LogP contribution in [-0.4, -0.2) is 24.5 Å². The van der Waals surface area contributed by atoms with Gasteiger partial charge in [-0.15, -0.1) is 0 Å². The van der Waals surface area contributed by atoms with E-state index in [4.69, 9.17) is 0 Å². The molecule has 1 saturated carbocycles. The smallest absolute Gasteiger partial charge is 0.393 e. The zero-order valence-electron chi connectivity index (χ0n) is 8.30. The highest BCUT2D eigenvalue weighted by Crippen LogP contribution is 2.56. The summed E-state index contributed by atoms with van der Waals surface area (Å²) in [6, 6.07) is 0. The number of ketones is 1. The maximum absolute atomic E-state index is 12.3. The second kappa shape index (κ2) is 3.83. The van der Waals surface area contributed by atoms with Crippen molar-refractivity contribution in [1.82, 2.24) is 0 Å². The third kappa shape index (κ3) is 2.30. The first kappa shape index (κ1) is 12.0. The topological polar surface area (TPSA) is 43.4 Å². The third-order valence-corrected chi connectivity index (χ3v) is 2.43. The van der Waals surface area contributed by atoms with Gasteiger partial charge in [0.15, 0.2) is 0 Å². The second-order valence-corrected chi connectivity index (χ2v) is 3.48. The van der Waals surface area contributed by atoms with E-state index in [9.17, 15) is 22.8 Å². The lowest BCUT2D eigenvalue weighted by Crippen LogP contribution is -2.17. The van der Waals surface area contributed by atoms with E-state index >= 15 is 0 Å². The lowest BCUT2D eigenvalue weighted by Gasteiger charge is -2.04. The quantitative estimate of drug-likeness (QED) is 0.683. The number of carbonyl (C=O) groups excluding carboxylic acids is 2. The molecule has 1 aliphatic carbocycles. The van der Waals surface area contributed by atoms with E-state index in [2.05, 4.69) is 4.74 Å². The average molecular weight is 224 g/mol. The Morgan fingerprint density at radius 2 is 1.80 bits per heavy atom. The largest absolute Gasteiger partial charge is 0.466 e. The molecule has 6 heteroatoms. The van der Waals surface area contributed by atoms with Gasteiger partial charge in [0, 0.05) is 5.92 Å². The molecule has 0 saturated heterocycles. The summed E-state index contributed by atoms with van der Waals surface area (Å²) >= 11 is 0. The number of esters is 1. The number of alkyl halides is 3. The Kier molecular flexibility index (Phi) is 3.06. The van der Waals surface area contributed by atoms with E-state index in [1.165, 1.54) is 6.92 Å². The molecule has 15 heavy (non-hydrogen) atoms. The van der Waals surface area contributed by atoms with Gasteiger partial charge in [-0.25, -0.2) is 0 Å². The van der Waals surface area contributed by atoms with E-state index in [1.807, 2.05) is 0 Å². The van der Waals surface area contributed by atoms with Crippen molar-refractivity contribution >= 4 is 11.8 Å². The fraction of sp³-hybridized carbons (Fsp3) is 0.778. The maximum Gasteiger partial charge on any atom is 0.393 e. The number of rotatable bonds is 3. The van der Waals surface area contributed by atoms with Crippen LogP contribution in [0.1, 0.15) is 13.8 Å². The highest BCUT2D eigenvalue weighted by atomic mass is 19.4. The first-order valence-corrected chi connectivity index (χ1v) is 4.54. The molecule has 1 aliphatic rings. The van der Waals surface area contributed by atoms with Gasteiger partial charge in [-0.2, -0.15) is 13.2 Å². The van der Waals surface area contributed by atoms with Crippen LogP contribution in [0.25, 0.3) is 0 Å². The minimum Gasteiger partial charge on any atom is -0.466 e. The van der Waals surface area contributed by atoms with Crippen LogP contribution >= 0.6 is 0 Å². The zero-order valence-corrected chi connectivity index (χ0v) is 8.30. The molecule has 0 bridgehead atoms. The fourth-order valence-electron chi connectivity index (χ4n) is 1.76. The summed E-state index contributed by atoms with van der Waals surface area (Å²) in [6.07, 6.45) is -4.51. The minimum atomic E-state index is -4.51. The van der Waals surface area contributed by atoms with Crippen LogP contribution in [0.5, 0.6) is 0 Å². The van der Waals surface area contributed by atoms with Gasteiger partial charge in [0.05, 0.1) is 18.4 Å². The molecule has 0 spiro atoms. The molecule has 0 aromatic carbocycles. The molecule has 1 rings (SSSR count). The first-order chi connectivity index (χ1) is 6.80. The van der Waals surface area contributed by atoms with E-state index in [-0.39, 0.29) is 6.61 Å². The van der Waals surface area contributed by atoms with Gasteiger partial charge in [-0.05, 0) is 13.8 Å². The minimum absolute atomic E-state index is 0.0184. The Balaban J connectivity index is 2.74. The number of ether oxygens (including phenoxy) is 1. The van der Waals surface area contributed by atoms with Crippen molar-refractivity contribution in [3.8, 4) is 0 Å². The summed E-state index contributed by atoms with van der Waals surface area (Å²) in [7, 11) is 0. The highest BCUT2D eigenvalue weighted by Gasteiger charge is 2.69. The molecule has 0 aromatic rings. The van der Waals surface area contributed by atoms with Crippen LogP contribution in [0.3, 0.4) is 0 Å². The van der Waals surface area contributed by atoms with Gasteiger partial charge < -0.3 is 4.74 Å². The number of carbonyl (C=O) groups is 2. The lowest BCUT2D eigenvalue weighted by atomic mass is 10.2. The number of hydrogen-bond acceptors (Lipinski definition) is 3. The Bertz CT molecular complexity index is 285. The maximum atomic E-state index is 12.3. The SMILES string of the molecule is CCOC(=O)[C@H]1[C@@H](C(C)=O)[C@@H]1C(F)(F)F. The van der Waals surface area contributed by atoms with Crippen LogP contribution in [0.2, 0.25) is 0 Å². The monoisotopic (exact) mass is 224 g/mol. The summed E-state index contributed by atoms with van der Waals surface area (Å²) in [5.74, 6) is -5.98. The Labute approximate surface area is 84.6 Å². The molecule has 3 nitrogen and oxygen atoms in total. The first-order valence-electron chi connectivity index (χ1n) is 4.54. The second-order valence-electron chi connectivity index (χ2n) is 3.48. The van der Waals surface area contributed by atoms with Crippen LogP contribution in [0, 0.1) is 17.8 Å². The standard InChI is InChI=1S/C9H11F3O3/c1-3-15-8(14)6-5(4(2)13)7(6)9(10,11)12/h5-7H,3H2,1-2H3/t5-,6+,7+/m1/s1. The van der Waals surface area contributed by atoms with E-state index in [0.717, 1.165) is 6.92 Å². The van der Waals surface area contributed by atoms with Crippen LogP contribution < -0.4 is 0 Å². The molecule has 0 N–H and O–H groups in total. The Morgan fingerprint density at radius 1 is 1.27 bits per heavy atom. The predicted molar refractivity (Wildman–Crippen MR) is 43.8 cm³/mol. The van der Waals surface area contributed by atoms with Crippen molar-refractivity contribution in [3.63, 3.8) is 0 Å². The van der Waals surface area contributed by atoms with Crippen molar-refractivity contribution in [2.45, 2.75) is 20.0 Å². The van der Waals surface area contributed by atoms with Crippen molar-refractivity contribution in [1.29, 1.82) is 0 Å². The highest BCUT2D eigenvalue weighted by molar-refractivity contribution is 5.91. The molecule has 86 valence electrons. The van der Waals surface area contributed by atoms with Gasteiger partial charge in [0.1, 0.15) is 5.78 Å². The summed E-state index contributed by atoms with van der Waals surface area (Å²) in [5.41, 5.74) is 0. The summed E-state index contributed by atoms with van der Waals surface area (Å²) in [6.45, 7) is 2.58. The molecule has 0 aromatic heterocycles. The zero-order chi connectivity index (χ0) is 11.8. The van der Waals surface area contributed by atoms with Crippen LogP contribution in [0.15, 0.2) is 0 Å². The predicted octanol–water partition coefficient (Wildman–Crippen LogP) is 1.56. The van der Waals surface area contributed by atoms with Crippen molar-refractivity contribution in [3.05, 3.63) is 0 Å². The summed E-state index contributed by atoms with van der Waals surface area (Å²) in [5, 5.41) is 0. The molecule has 0 aliphatic heterocycles. The van der Waals surface area contributed by atoms with Crippen LogP contribution in [-0.2, 0) is 14.3 Å². The van der Waals surface area contributed by atoms with Gasteiger partial charge >= 0.3 is 12.1 Å².